The van der Waals surface area contributed by atoms with Gasteiger partial charge in [0.15, 0.2) is 11.6 Å². The lowest BCUT2D eigenvalue weighted by atomic mass is 10.1. The van der Waals surface area contributed by atoms with E-state index >= 15 is 0 Å². The summed E-state index contributed by atoms with van der Waals surface area (Å²) in [7, 11) is -4.12. The molecule has 0 aliphatic heterocycles. The van der Waals surface area contributed by atoms with Crippen molar-refractivity contribution in [3.63, 3.8) is 0 Å². The number of hydrogen-bond acceptors (Lipinski definition) is 5. The Hall–Kier alpha value is -3.18. The van der Waals surface area contributed by atoms with Gasteiger partial charge in [-0.2, -0.15) is 0 Å². The Morgan fingerprint density at radius 3 is 2.23 bits per heavy atom. The van der Waals surface area contributed by atoms with Crippen molar-refractivity contribution in [1.82, 2.24) is 4.98 Å². The third-order valence-electron chi connectivity index (χ3n) is 4.03. The fraction of sp³-hybridized carbons (Fsp3) is 0.105. The molecule has 0 bridgehead atoms. The van der Waals surface area contributed by atoms with Crippen LogP contribution in [0.25, 0.3) is 0 Å². The van der Waals surface area contributed by atoms with E-state index in [0.717, 1.165) is 30.5 Å². The van der Waals surface area contributed by atoms with E-state index in [1.807, 2.05) is 0 Å². The second-order valence-electron chi connectivity index (χ2n) is 6.15. The van der Waals surface area contributed by atoms with Gasteiger partial charge in [0.1, 0.15) is 28.5 Å². The Balaban J connectivity index is 1.67. The number of aliphatic hydroxyl groups excluding tert-OH is 1. The van der Waals surface area contributed by atoms with Crippen LogP contribution in [-0.4, -0.2) is 25.1 Å². The molecule has 6 nitrogen and oxygen atoms in total. The van der Waals surface area contributed by atoms with E-state index < -0.39 is 45.0 Å². The van der Waals surface area contributed by atoms with E-state index in [4.69, 9.17) is 0 Å². The molecule has 11 heteroatoms. The fourth-order valence-electron chi connectivity index (χ4n) is 2.55. The van der Waals surface area contributed by atoms with Crippen LogP contribution in [0.2, 0.25) is 0 Å². The van der Waals surface area contributed by atoms with Gasteiger partial charge in [-0.25, -0.2) is 31.0 Å². The number of pyridine rings is 1. The number of nitrogens with one attached hydrogen (secondary N) is 2. The molecule has 1 atom stereocenters. The van der Waals surface area contributed by atoms with Crippen LogP contribution in [0.15, 0.2) is 59.6 Å². The van der Waals surface area contributed by atoms with Gasteiger partial charge in [0.25, 0.3) is 10.0 Å². The molecule has 1 unspecified atom stereocenters. The monoisotopic (exact) mass is 441 g/mol. The van der Waals surface area contributed by atoms with E-state index in [-0.39, 0.29) is 22.9 Å². The lowest BCUT2D eigenvalue weighted by molar-refractivity contribution is 0.181. The van der Waals surface area contributed by atoms with Gasteiger partial charge < -0.3 is 10.4 Å². The minimum absolute atomic E-state index is 0.137. The maximum atomic E-state index is 13.7. The number of benzene rings is 2. The Bertz CT molecular complexity index is 1140. The standard InChI is InChI=1S/C19H15F4N3O3S/c20-13-6-4-11(8-16(13)23)26-30(28,29)12-5-7-18(24-9-12)25-10-17(27)19-14(21)2-1-3-15(19)22/h1-9,17,26-27H,10H2,(H,24,25). The van der Waals surface area contributed by atoms with Crippen molar-refractivity contribution in [1.29, 1.82) is 0 Å². The summed E-state index contributed by atoms with van der Waals surface area (Å²) >= 11 is 0. The molecule has 0 saturated heterocycles. The van der Waals surface area contributed by atoms with E-state index in [2.05, 4.69) is 15.0 Å². The molecule has 3 rings (SSSR count). The van der Waals surface area contributed by atoms with Gasteiger partial charge in [0.05, 0.1) is 11.3 Å². The van der Waals surface area contributed by atoms with Gasteiger partial charge in [-0.3, -0.25) is 4.72 Å². The zero-order valence-electron chi connectivity index (χ0n) is 15.1. The number of aromatic nitrogens is 1. The first-order chi connectivity index (χ1) is 14.2. The fourth-order valence-corrected chi connectivity index (χ4v) is 3.54. The summed E-state index contributed by atoms with van der Waals surface area (Å²) in [4.78, 5) is 3.60. The zero-order chi connectivity index (χ0) is 21.9. The molecular formula is C19H15F4N3O3S. The molecule has 3 N–H and O–H groups in total. The second kappa shape index (κ2) is 8.67. The van der Waals surface area contributed by atoms with Gasteiger partial charge in [0, 0.05) is 18.8 Å². The Morgan fingerprint density at radius 2 is 1.63 bits per heavy atom. The Kier molecular flexibility index (Phi) is 6.22. The highest BCUT2D eigenvalue weighted by Gasteiger charge is 2.19. The number of aliphatic hydroxyl groups is 1. The first-order valence-electron chi connectivity index (χ1n) is 8.47. The van der Waals surface area contributed by atoms with Crippen molar-refractivity contribution in [2.45, 2.75) is 11.0 Å². The molecule has 0 radical (unpaired) electrons. The molecule has 2 aromatic carbocycles. The summed E-state index contributed by atoms with van der Waals surface area (Å²) in [6.07, 6.45) is -0.521. The molecule has 1 aromatic heterocycles. The molecule has 0 fully saturated rings. The average molecular weight is 441 g/mol. The smallest absolute Gasteiger partial charge is 0.263 e. The first kappa shape index (κ1) is 21.5. The largest absolute Gasteiger partial charge is 0.386 e. The number of halogens is 4. The van der Waals surface area contributed by atoms with Crippen LogP contribution in [-0.2, 0) is 10.0 Å². The summed E-state index contributed by atoms with van der Waals surface area (Å²) in [6.45, 7) is -0.288. The van der Waals surface area contributed by atoms with E-state index in [0.29, 0.717) is 6.07 Å². The summed E-state index contributed by atoms with van der Waals surface area (Å²) in [6, 6.07) is 8.17. The minimum atomic E-state index is -4.12. The van der Waals surface area contributed by atoms with E-state index in [9.17, 15) is 31.1 Å². The van der Waals surface area contributed by atoms with Crippen molar-refractivity contribution in [2.24, 2.45) is 0 Å². The molecule has 30 heavy (non-hydrogen) atoms. The highest BCUT2D eigenvalue weighted by Crippen LogP contribution is 2.22. The molecule has 0 aliphatic carbocycles. The van der Waals surface area contributed by atoms with Crippen LogP contribution >= 0.6 is 0 Å². The highest BCUT2D eigenvalue weighted by atomic mass is 32.2. The third-order valence-corrected chi connectivity index (χ3v) is 5.39. The van der Waals surface area contributed by atoms with Crippen molar-refractivity contribution in [2.75, 3.05) is 16.6 Å². The van der Waals surface area contributed by atoms with Gasteiger partial charge >= 0.3 is 0 Å². The van der Waals surface area contributed by atoms with Crippen LogP contribution in [0.4, 0.5) is 29.1 Å². The predicted octanol–water partition coefficient (Wildman–Crippen LogP) is 3.58. The number of nitrogens with zero attached hydrogens (tertiary/aromatic N) is 1. The SMILES string of the molecule is O=S(=O)(Nc1ccc(F)c(F)c1)c1ccc(NCC(O)c2c(F)cccc2F)nc1. The number of rotatable bonds is 7. The molecule has 0 aliphatic rings. The lowest BCUT2D eigenvalue weighted by Gasteiger charge is -2.14. The van der Waals surface area contributed by atoms with Crippen molar-refractivity contribution >= 4 is 21.5 Å². The normalized spacial score (nSPS) is 12.4. The van der Waals surface area contributed by atoms with Crippen LogP contribution in [0.1, 0.15) is 11.7 Å². The zero-order valence-corrected chi connectivity index (χ0v) is 15.9. The van der Waals surface area contributed by atoms with Crippen LogP contribution in [0.3, 0.4) is 0 Å². The summed E-state index contributed by atoms with van der Waals surface area (Å²) in [5.41, 5.74) is -0.675. The average Bonchev–Trinajstić information content (AvgIpc) is 2.69. The molecule has 0 amide bonds. The summed E-state index contributed by atoms with van der Waals surface area (Å²) < 4.78 is 80.3. The van der Waals surface area contributed by atoms with Gasteiger partial charge in [0.2, 0.25) is 0 Å². The predicted molar refractivity (Wildman–Crippen MR) is 101 cm³/mol. The van der Waals surface area contributed by atoms with E-state index in [1.54, 1.807) is 0 Å². The van der Waals surface area contributed by atoms with Crippen LogP contribution in [0, 0.1) is 23.3 Å². The van der Waals surface area contributed by atoms with Gasteiger partial charge in [-0.1, -0.05) is 6.07 Å². The molecule has 0 saturated carbocycles. The van der Waals surface area contributed by atoms with Crippen LogP contribution < -0.4 is 10.0 Å². The van der Waals surface area contributed by atoms with Crippen LogP contribution in [0.5, 0.6) is 0 Å². The number of sulfonamides is 1. The molecule has 3 aromatic rings. The van der Waals surface area contributed by atoms with Crippen molar-refractivity contribution in [3.05, 3.63) is 83.6 Å². The molecule has 1 heterocycles. The molecule has 0 spiro atoms. The summed E-state index contributed by atoms with van der Waals surface area (Å²) in [5.74, 6) is -3.99. The Labute approximate surface area is 169 Å². The Morgan fingerprint density at radius 1 is 0.933 bits per heavy atom. The maximum absolute atomic E-state index is 13.7. The third kappa shape index (κ3) is 4.86. The molecular weight excluding hydrogens is 426 g/mol. The second-order valence-corrected chi connectivity index (χ2v) is 7.83. The maximum Gasteiger partial charge on any atom is 0.263 e. The van der Waals surface area contributed by atoms with E-state index in [1.165, 1.54) is 18.2 Å². The van der Waals surface area contributed by atoms with Gasteiger partial charge in [-0.05, 0) is 36.4 Å². The quantitative estimate of drug-likeness (QED) is 0.488. The minimum Gasteiger partial charge on any atom is -0.386 e. The molecule has 158 valence electrons. The highest BCUT2D eigenvalue weighted by molar-refractivity contribution is 7.92. The van der Waals surface area contributed by atoms with Crippen molar-refractivity contribution < 1.29 is 31.1 Å². The topological polar surface area (TPSA) is 91.3 Å². The van der Waals surface area contributed by atoms with Gasteiger partial charge in [-0.15, -0.1) is 0 Å². The summed E-state index contributed by atoms with van der Waals surface area (Å²) in [5, 5.41) is 12.6. The first-order valence-corrected chi connectivity index (χ1v) is 9.95. The number of hydrogen-bond donors (Lipinski definition) is 3. The van der Waals surface area contributed by atoms with Crippen molar-refractivity contribution in [3.8, 4) is 0 Å². The number of anilines is 2. The lowest BCUT2D eigenvalue weighted by Crippen LogP contribution is -2.16.